The topological polar surface area (TPSA) is 193 Å². The fraction of sp³-hybridized carbons (Fsp3) is 0.800. The molecule has 6 N–H and O–H groups in total. The van der Waals surface area contributed by atoms with Gasteiger partial charge in [-0.25, -0.2) is 0 Å². The van der Waals surface area contributed by atoms with Gasteiger partial charge in [0.15, 0.2) is 0 Å². The van der Waals surface area contributed by atoms with Gasteiger partial charge in [-0.05, 0) is 12.8 Å². The molecule has 0 rings (SSSR count). The second kappa shape index (κ2) is 9.77. The zero-order valence-corrected chi connectivity index (χ0v) is 13.9. The van der Waals surface area contributed by atoms with Crippen molar-refractivity contribution in [3.63, 3.8) is 0 Å². The van der Waals surface area contributed by atoms with Gasteiger partial charge in [0.05, 0.1) is 24.0 Å². The van der Waals surface area contributed by atoms with Crippen LogP contribution in [0.25, 0.3) is 0 Å². The summed E-state index contributed by atoms with van der Waals surface area (Å²) < 4.78 is 58.8. The van der Waals surface area contributed by atoms with E-state index in [1.165, 1.54) is 0 Å². The van der Waals surface area contributed by atoms with Gasteiger partial charge >= 0.3 is 0 Å². The van der Waals surface area contributed by atoms with E-state index in [0.717, 1.165) is 0 Å². The highest BCUT2D eigenvalue weighted by molar-refractivity contribution is 7.86. The van der Waals surface area contributed by atoms with Gasteiger partial charge in [-0.1, -0.05) is 0 Å². The Bertz CT molecular complexity index is 602. The molecule has 0 heterocycles. The van der Waals surface area contributed by atoms with E-state index in [1.807, 2.05) is 0 Å². The van der Waals surface area contributed by atoms with Crippen LogP contribution < -0.4 is 16.4 Å². The highest BCUT2D eigenvalue weighted by Gasteiger charge is 2.17. The predicted molar refractivity (Wildman–Crippen MR) is 80.7 cm³/mol. The lowest BCUT2D eigenvalue weighted by atomic mass is 10.2. The van der Waals surface area contributed by atoms with E-state index in [2.05, 4.69) is 10.6 Å². The van der Waals surface area contributed by atoms with E-state index in [9.17, 15) is 26.4 Å². The van der Waals surface area contributed by atoms with Crippen molar-refractivity contribution in [3.8, 4) is 0 Å². The number of nitrogens with one attached hydrogen (secondary N) is 2. The number of hydrogen-bond acceptors (Lipinski definition) is 7. The number of hydrogen-bond donors (Lipinski definition) is 5. The smallest absolute Gasteiger partial charge is 0.264 e. The SMILES string of the molecule is N[C@@H](CC(=O)NCCCS(=O)(=O)O)C(=O)NCCCS(=O)(=O)O. The van der Waals surface area contributed by atoms with Crippen LogP contribution in [-0.4, -0.2) is 68.4 Å². The van der Waals surface area contributed by atoms with E-state index < -0.39 is 49.6 Å². The quantitative estimate of drug-likeness (QED) is 0.191. The lowest BCUT2D eigenvalue weighted by molar-refractivity contribution is -0.127. The van der Waals surface area contributed by atoms with Crippen LogP contribution in [0, 0.1) is 0 Å². The maximum atomic E-state index is 11.5. The molecule has 0 spiro atoms. The van der Waals surface area contributed by atoms with Crippen LogP contribution in [0.1, 0.15) is 19.3 Å². The third-order valence-electron chi connectivity index (χ3n) is 2.52. The van der Waals surface area contributed by atoms with Crippen molar-refractivity contribution in [1.29, 1.82) is 0 Å². The Morgan fingerprint density at radius 1 is 0.913 bits per heavy atom. The Hall–Kier alpha value is -1.28. The first-order valence-corrected chi connectivity index (χ1v) is 9.83. The van der Waals surface area contributed by atoms with Crippen LogP contribution in [-0.2, 0) is 29.8 Å². The largest absolute Gasteiger partial charge is 0.356 e. The zero-order chi connectivity index (χ0) is 18.1. The predicted octanol–water partition coefficient (Wildman–Crippen LogP) is -2.51. The highest BCUT2D eigenvalue weighted by atomic mass is 32.2. The molecule has 13 heteroatoms. The third-order valence-corrected chi connectivity index (χ3v) is 4.13. The summed E-state index contributed by atoms with van der Waals surface area (Å²) in [4.78, 5) is 23.0. The first kappa shape index (κ1) is 21.7. The summed E-state index contributed by atoms with van der Waals surface area (Å²) in [5.74, 6) is -2.22. The van der Waals surface area contributed by atoms with Crippen molar-refractivity contribution in [2.45, 2.75) is 25.3 Å². The molecule has 0 unspecified atom stereocenters. The van der Waals surface area contributed by atoms with Gasteiger partial charge in [-0.15, -0.1) is 0 Å². The third kappa shape index (κ3) is 14.1. The van der Waals surface area contributed by atoms with Crippen LogP contribution in [0.15, 0.2) is 0 Å². The number of carbonyl (C=O) groups excluding carboxylic acids is 2. The Balaban J connectivity index is 3.91. The van der Waals surface area contributed by atoms with E-state index in [4.69, 9.17) is 14.8 Å². The van der Waals surface area contributed by atoms with Gasteiger partial charge in [-0.2, -0.15) is 16.8 Å². The first-order valence-electron chi connectivity index (χ1n) is 6.61. The molecular weight excluding hydrogens is 354 g/mol. The maximum absolute atomic E-state index is 11.5. The molecule has 0 aliphatic carbocycles. The molecule has 11 nitrogen and oxygen atoms in total. The van der Waals surface area contributed by atoms with Crippen LogP contribution in [0.4, 0.5) is 0 Å². The van der Waals surface area contributed by atoms with Crippen molar-refractivity contribution >= 4 is 32.1 Å². The standard InChI is InChI=1S/C10H21N3O8S2/c11-8(10(15)13-4-2-6-23(19,20)21)7-9(14)12-3-1-5-22(16,17)18/h8H,1-7,11H2,(H,12,14)(H,13,15)(H,16,17,18)(H,19,20,21)/t8-/m0/s1. The van der Waals surface area contributed by atoms with Crippen molar-refractivity contribution in [1.82, 2.24) is 10.6 Å². The van der Waals surface area contributed by atoms with E-state index in [0.29, 0.717) is 0 Å². The normalized spacial score (nSPS) is 13.3. The van der Waals surface area contributed by atoms with Gasteiger partial charge in [0, 0.05) is 13.1 Å². The molecule has 0 aromatic rings. The van der Waals surface area contributed by atoms with Gasteiger partial charge in [-0.3, -0.25) is 18.7 Å². The molecule has 2 amide bonds. The van der Waals surface area contributed by atoms with Crippen LogP contribution in [0.3, 0.4) is 0 Å². The minimum absolute atomic E-state index is 0.000870. The van der Waals surface area contributed by atoms with Crippen molar-refractivity contribution in [2.75, 3.05) is 24.6 Å². The number of rotatable bonds is 11. The molecular formula is C10H21N3O8S2. The average molecular weight is 375 g/mol. The van der Waals surface area contributed by atoms with Gasteiger partial charge in [0.1, 0.15) is 0 Å². The fourth-order valence-electron chi connectivity index (χ4n) is 1.44. The fourth-order valence-corrected chi connectivity index (χ4v) is 2.46. The summed E-state index contributed by atoms with van der Waals surface area (Å²) in [6.45, 7) is -0.0242. The molecule has 0 bridgehead atoms. The average Bonchev–Trinajstić information content (AvgIpc) is 2.37. The van der Waals surface area contributed by atoms with Gasteiger partial charge < -0.3 is 16.4 Å². The molecule has 0 aromatic carbocycles. The molecule has 0 fully saturated rings. The Morgan fingerprint density at radius 3 is 1.78 bits per heavy atom. The zero-order valence-electron chi connectivity index (χ0n) is 12.3. The van der Waals surface area contributed by atoms with Crippen LogP contribution in [0.2, 0.25) is 0 Å². The van der Waals surface area contributed by atoms with Crippen molar-refractivity contribution < 1.29 is 35.5 Å². The second-order valence-electron chi connectivity index (χ2n) is 4.73. The summed E-state index contributed by atoms with van der Waals surface area (Å²) in [6, 6.07) is -1.15. The lowest BCUT2D eigenvalue weighted by Crippen LogP contribution is -2.44. The Morgan fingerprint density at radius 2 is 1.35 bits per heavy atom. The number of nitrogens with two attached hydrogens (primary N) is 1. The highest BCUT2D eigenvalue weighted by Crippen LogP contribution is 1.92. The van der Waals surface area contributed by atoms with Gasteiger partial charge in [0.2, 0.25) is 11.8 Å². The summed E-state index contributed by atoms with van der Waals surface area (Å²) in [5, 5.41) is 4.66. The molecule has 0 aromatic heterocycles. The molecule has 23 heavy (non-hydrogen) atoms. The van der Waals surface area contributed by atoms with E-state index in [-0.39, 0.29) is 32.4 Å². The molecule has 1 atom stereocenters. The molecule has 0 saturated heterocycles. The Labute approximate surface area is 134 Å². The van der Waals surface area contributed by atoms with Gasteiger partial charge in [0.25, 0.3) is 20.2 Å². The Kier molecular flexibility index (Phi) is 9.23. The molecule has 0 radical (unpaired) electrons. The lowest BCUT2D eigenvalue weighted by Gasteiger charge is -2.12. The van der Waals surface area contributed by atoms with Crippen LogP contribution in [0.5, 0.6) is 0 Å². The van der Waals surface area contributed by atoms with E-state index in [1.54, 1.807) is 0 Å². The second-order valence-corrected chi connectivity index (χ2v) is 7.87. The minimum Gasteiger partial charge on any atom is -0.356 e. The first-order chi connectivity index (χ1) is 10.4. The summed E-state index contributed by atoms with van der Waals surface area (Å²) in [7, 11) is -8.17. The monoisotopic (exact) mass is 375 g/mol. The minimum atomic E-state index is -4.09. The van der Waals surface area contributed by atoms with Crippen molar-refractivity contribution in [2.24, 2.45) is 5.73 Å². The summed E-state index contributed by atoms with van der Waals surface area (Å²) >= 11 is 0. The number of amides is 2. The summed E-state index contributed by atoms with van der Waals surface area (Å²) in [6.07, 6.45) is -0.323. The van der Waals surface area contributed by atoms with E-state index >= 15 is 0 Å². The molecule has 0 aliphatic rings. The summed E-state index contributed by atoms with van der Waals surface area (Å²) in [5.41, 5.74) is 5.48. The molecule has 136 valence electrons. The van der Waals surface area contributed by atoms with Crippen LogP contribution >= 0.6 is 0 Å². The number of carbonyl (C=O) groups is 2. The molecule has 0 aliphatic heterocycles. The molecule has 0 saturated carbocycles. The maximum Gasteiger partial charge on any atom is 0.264 e. The van der Waals surface area contributed by atoms with Crippen molar-refractivity contribution in [3.05, 3.63) is 0 Å².